The molecular formula is C20H33NO7. The molecule has 0 saturated carbocycles. The minimum Gasteiger partial charge on any atom is -0.444 e. The third-order valence-corrected chi connectivity index (χ3v) is 4.62. The van der Waals surface area contributed by atoms with Gasteiger partial charge >= 0.3 is 12.2 Å². The standard InChI is InChI=1S/C20H33NO7/c1-6-8-10-25-17-15(27-14(9-7-2)16(17)22)11-13-12-21(18(23)26-13)19(24)28-20(3,4)5/h7,13-17,22H,2,6,8-12H2,1,3-5H3/t13-,14-,15+,16-,17-/m0/s1. The molecule has 0 aliphatic carbocycles. The number of unbranched alkanes of at least 4 members (excludes halogenated alkanes) is 1. The molecule has 2 fully saturated rings. The largest absolute Gasteiger partial charge is 0.444 e. The van der Waals surface area contributed by atoms with Crippen LogP contribution in [0.3, 0.4) is 0 Å². The summed E-state index contributed by atoms with van der Waals surface area (Å²) in [5, 5.41) is 10.6. The first-order valence-corrected chi connectivity index (χ1v) is 9.93. The van der Waals surface area contributed by atoms with Crippen molar-refractivity contribution in [3.05, 3.63) is 12.7 Å². The van der Waals surface area contributed by atoms with E-state index in [1.807, 2.05) is 0 Å². The molecular weight excluding hydrogens is 366 g/mol. The second-order valence-electron chi connectivity index (χ2n) is 8.25. The molecule has 5 atom stereocenters. The van der Waals surface area contributed by atoms with Crippen molar-refractivity contribution in [1.29, 1.82) is 0 Å². The first-order valence-electron chi connectivity index (χ1n) is 9.93. The maximum absolute atomic E-state index is 12.2. The highest BCUT2D eigenvalue weighted by Gasteiger charge is 2.47. The molecule has 0 aromatic rings. The van der Waals surface area contributed by atoms with Crippen LogP contribution in [0.2, 0.25) is 0 Å². The Morgan fingerprint density at radius 1 is 1.39 bits per heavy atom. The van der Waals surface area contributed by atoms with E-state index in [0.717, 1.165) is 17.7 Å². The van der Waals surface area contributed by atoms with Gasteiger partial charge in [0, 0.05) is 13.0 Å². The molecule has 2 heterocycles. The van der Waals surface area contributed by atoms with Crippen molar-refractivity contribution in [1.82, 2.24) is 4.90 Å². The SMILES string of the molecule is C=CC[C@@H]1O[C@H](C[C@H]2CN(C(=O)OC(C)(C)C)C(=O)O2)[C@H](OCCCC)[C@H]1O. The van der Waals surface area contributed by atoms with Gasteiger partial charge < -0.3 is 24.1 Å². The van der Waals surface area contributed by atoms with Crippen LogP contribution in [0.5, 0.6) is 0 Å². The number of cyclic esters (lactones) is 1. The van der Waals surface area contributed by atoms with Crippen molar-refractivity contribution in [2.24, 2.45) is 0 Å². The van der Waals surface area contributed by atoms with Gasteiger partial charge in [0.05, 0.1) is 18.8 Å². The van der Waals surface area contributed by atoms with Crippen molar-refractivity contribution in [3.8, 4) is 0 Å². The monoisotopic (exact) mass is 399 g/mol. The van der Waals surface area contributed by atoms with Crippen molar-refractivity contribution >= 4 is 12.2 Å². The summed E-state index contributed by atoms with van der Waals surface area (Å²) in [6, 6.07) is 0. The number of hydrogen-bond acceptors (Lipinski definition) is 7. The predicted molar refractivity (Wildman–Crippen MR) is 102 cm³/mol. The van der Waals surface area contributed by atoms with Gasteiger partial charge in [0.15, 0.2) is 0 Å². The molecule has 0 aromatic carbocycles. The number of amides is 2. The van der Waals surface area contributed by atoms with Gasteiger partial charge in [-0.05, 0) is 33.6 Å². The summed E-state index contributed by atoms with van der Waals surface area (Å²) >= 11 is 0. The maximum Gasteiger partial charge on any atom is 0.419 e. The van der Waals surface area contributed by atoms with Crippen LogP contribution in [0.4, 0.5) is 9.59 Å². The minimum atomic E-state index is -0.779. The predicted octanol–water partition coefficient (Wildman–Crippen LogP) is 3.02. The lowest BCUT2D eigenvalue weighted by molar-refractivity contribution is -0.0501. The number of carbonyl (C=O) groups excluding carboxylic acids is 2. The van der Waals surface area contributed by atoms with E-state index in [1.165, 1.54) is 0 Å². The van der Waals surface area contributed by atoms with E-state index in [0.29, 0.717) is 19.4 Å². The molecule has 0 aromatic heterocycles. The van der Waals surface area contributed by atoms with Gasteiger partial charge in [-0.25, -0.2) is 14.5 Å². The summed E-state index contributed by atoms with van der Waals surface area (Å²) in [6.45, 7) is 11.6. The zero-order chi connectivity index (χ0) is 20.9. The quantitative estimate of drug-likeness (QED) is 0.495. The highest BCUT2D eigenvalue weighted by atomic mass is 16.6. The van der Waals surface area contributed by atoms with Gasteiger partial charge in [0.1, 0.15) is 23.9 Å². The number of imide groups is 1. The van der Waals surface area contributed by atoms with Gasteiger partial charge in [-0.15, -0.1) is 6.58 Å². The van der Waals surface area contributed by atoms with E-state index >= 15 is 0 Å². The third kappa shape index (κ3) is 5.93. The number of nitrogens with zero attached hydrogens (tertiary/aromatic N) is 1. The van der Waals surface area contributed by atoms with Crippen LogP contribution < -0.4 is 0 Å². The number of aliphatic hydroxyl groups is 1. The van der Waals surface area contributed by atoms with E-state index in [-0.39, 0.29) is 6.54 Å². The Morgan fingerprint density at radius 2 is 2.11 bits per heavy atom. The molecule has 160 valence electrons. The molecule has 1 N–H and O–H groups in total. The fourth-order valence-electron chi connectivity index (χ4n) is 3.30. The highest BCUT2D eigenvalue weighted by molar-refractivity contribution is 5.89. The molecule has 0 radical (unpaired) electrons. The van der Waals surface area contributed by atoms with Gasteiger partial charge in [-0.3, -0.25) is 0 Å². The van der Waals surface area contributed by atoms with E-state index in [2.05, 4.69) is 13.5 Å². The van der Waals surface area contributed by atoms with Crippen molar-refractivity contribution in [2.45, 2.75) is 89.5 Å². The van der Waals surface area contributed by atoms with Crippen LogP contribution in [0, 0.1) is 0 Å². The molecule has 8 heteroatoms. The van der Waals surface area contributed by atoms with Crippen LogP contribution in [0.1, 0.15) is 53.4 Å². The summed E-state index contributed by atoms with van der Waals surface area (Å²) in [6.07, 6.45) is 0.244. The lowest BCUT2D eigenvalue weighted by Gasteiger charge is -2.23. The topological polar surface area (TPSA) is 94.5 Å². The zero-order valence-electron chi connectivity index (χ0n) is 17.3. The van der Waals surface area contributed by atoms with Crippen molar-refractivity contribution in [3.63, 3.8) is 0 Å². The van der Waals surface area contributed by atoms with Crippen molar-refractivity contribution < 1.29 is 33.6 Å². The average molecular weight is 399 g/mol. The van der Waals surface area contributed by atoms with Crippen LogP contribution in [0.15, 0.2) is 12.7 Å². The molecule has 2 saturated heterocycles. The van der Waals surface area contributed by atoms with Crippen LogP contribution in [0.25, 0.3) is 0 Å². The Bertz CT molecular complexity index is 559. The molecule has 0 spiro atoms. The summed E-state index contributed by atoms with van der Waals surface area (Å²) < 4.78 is 22.4. The molecule has 2 aliphatic rings. The summed E-state index contributed by atoms with van der Waals surface area (Å²) in [7, 11) is 0. The normalized spacial score (nSPS) is 30.4. The Balaban J connectivity index is 1.98. The number of ether oxygens (including phenoxy) is 4. The summed E-state index contributed by atoms with van der Waals surface area (Å²) in [4.78, 5) is 25.2. The molecule has 28 heavy (non-hydrogen) atoms. The lowest BCUT2D eigenvalue weighted by Crippen LogP contribution is -2.39. The molecule has 2 rings (SSSR count). The highest BCUT2D eigenvalue weighted by Crippen LogP contribution is 2.31. The summed E-state index contributed by atoms with van der Waals surface area (Å²) in [5.74, 6) is 0. The fourth-order valence-corrected chi connectivity index (χ4v) is 3.30. The van der Waals surface area contributed by atoms with E-state index in [9.17, 15) is 14.7 Å². The smallest absolute Gasteiger partial charge is 0.419 e. The number of rotatable bonds is 8. The third-order valence-electron chi connectivity index (χ3n) is 4.62. The Labute approximate surface area is 166 Å². The second kappa shape index (κ2) is 9.71. The minimum absolute atomic E-state index is 0.0809. The van der Waals surface area contributed by atoms with Crippen LogP contribution >= 0.6 is 0 Å². The van der Waals surface area contributed by atoms with E-state index in [4.69, 9.17) is 18.9 Å². The average Bonchev–Trinajstić information content (AvgIpc) is 3.09. The van der Waals surface area contributed by atoms with Gasteiger partial charge in [0.2, 0.25) is 0 Å². The number of carbonyl (C=O) groups is 2. The summed E-state index contributed by atoms with van der Waals surface area (Å²) in [5.41, 5.74) is -0.704. The van der Waals surface area contributed by atoms with Gasteiger partial charge in [0.25, 0.3) is 0 Å². The molecule has 0 unspecified atom stereocenters. The molecule has 2 aliphatic heterocycles. The van der Waals surface area contributed by atoms with Crippen LogP contribution in [-0.4, -0.2) is 71.5 Å². The second-order valence-corrected chi connectivity index (χ2v) is 8.25. The fraction of sp³-hybridized carbons (Fsp3) is 0.800. The zero-order valence-corrected chi connectivity index (χ0v) is 17.3. The first-order chi connectivity index (χ1) is 13.2. The lowest BCUT2D eigenvalue weighted by atomic mass is 10.0. The van der Waals surface area contributed by atoms with Gasteiger partial charge in [-0.2, -0.15) is 0 Å². The molecule has 8 nitrogen and oxygen atoms in total. The Kier molecular flexibility index (Phi) is 7.86. The maximum atomic E-state index is 12.2. The van der Waals surface area contributed by atoms with E-state index < -0.39 is 48.3 Å². The van der Waals surface area contributed by atoms with Crippen molar-refractivity contribution in [2.75, 3.05) is 13.2 Å². The molecule has 0 bridgehead atoms. The first kappa shape index (κ1) is 22.6. The number of aliphatic hydroxyl groups excluding tert-OH is 1. The Morgan fingerprint density at radius 3 is 2.71 bits per heavy atom. The van der Waals surface area contributed by atoms with E-state index in [1.54, 1.807) is 26.8 Å². The van der Waals surface area contributed by atoms with Crippen LogP contribution in [-0.2, 0) is 18.9 Å². The Hall–Kier alpha value is -1.64. The van der Waals surface area contributed by atoms with Gasteiger partial charge in [-0.1, -0.05) is 19.4 Å². The number of hydrogen-bond donors (Lipinski definition) is 1. The molecule has 2 amide bonds.